The lowest BCUT2D eigenvalue weighted by atomic mass is 10.0. The van der Waals surface area contributed by atoms with E-state index in [4.69, 9.17) is 0 Å². The van der Waals surface area contributed by atoms with Crippen LogP contribution in [0.1, 0.15) is 37.8 Å². The Morgan fingerprint density at radius 3 is 2.94 bits per heavy atom. The summed E-state index contributed by atoms with van der Waals surface area (Å²) < 4.78 is 1.20. The fourth-order valence-corrected chi connectivity index (χ4v) is 3.08. The zero-order chi connectivity index (χ0) is 12.1. The van der Waals surface area contributed by atoms with Gasteiger partial charge in [-0.2, -0.15) is 0 Å². The van der Waals surface area contributed by atoms with Crippen LogP contribution in [0.25, 0.3) is 0 Å². The van der Waals surface area contributed by atoms with E-state index in [2.05, 4.69) is 57.8 Å². The van der Waals surface area contributed by atoms with Gasteiger partial charge in [0.25, 0.3) is 0 Å². The van der Waals surface area contributed by atoms with Crippen LogP contribution in [-0.4, -0.2) is 19.1 Å². The second-order valence-corrected chi connectivity index (χ2v) is 5.64. The normalized spacial score (nSPS) is 23.1. The van der Waals surface area contributed by atoms with E-state index in [1.807, 2.05) is 0 Å². The molecule has 0 aromatic heterocycles. The minimum absolute atomic E-state index is 0.411. The highest BCUT2D eigenvalue weighted by Gasteiger charge is 2.16. The molecule has 94 valence electrons. The van der Waals surface area contributed by atoms with Crippen molar-refractivity contribution in [1.82, 2.24) is 10.6 Å². The molecule has 1 aliphatic heterocycles. The topological polar surface area (TPSA) is 24.1 Å². The van der Waals surface area contributed by atoms with Gasteiger partial charge < -0.3 is 10.6 Å². The standard InChI is InChI=1S/C14H21BrN2/c1-11(13-6-2-3-7-14(13)15)17-12-5-4-9-16-10-8-12/h2-3,6-7,11-12,16-17H,4-5,8-10H2,1H3. The number of hydrogen-bond acceptors (Lipinski definition) is 2. The van der Waals surface area contributed by atoms with Gasteiger partial charge in [-0.25, -0.2) is 0 Å². The predicted octanol–water partition coefficient (Wildman–Crippen LogP) is 3.24. The third kappa shape index (κ3) is 3.80. The van der Waals surface area contributed by atoms with Crippen molar-refractivity contribution in [2.24, 2.45) is 0 Å². The zero-order valence-electron chi connectivity index (χ0n) is 10.4. The minimum atomic E-state index is 0.411. The van der Waals surface area contributed by atoms with Crippen molar-refractivity contribution in [3.05, 3.63) is 34.3 Å². The number of rotatable bonds is 3. The monoisotopic (exact) mass is 296 g/mol. The summed E-state index contributed by atoms with van der Waals surface area (Å²) in [7, 11) is 0. The first-order chi connectivity index (χ1) is 8.27. The molecular weight excluding hydrogens is 276 g/mol. The minimum Gasteiger partial charge on any atom is -0.317 e. The van der Waals surface area contributed by atoms with Gasteiger partial charge in [0.1, 0.15) is 0 Å². The van der Waals surface area contributed by atoms with E-state index >= 15 is 0 Å². The van der Waals surface area contributed by atoms with Crippen LogP contribution < -0.4 is 10.6 Å². The lowest BCUT2D eigenvalue weighted by Gasteiger charge is -2.23. The highest BCUT2D eigenvalue weighted by Crippen LogP contribution is 2.24. The highest BCUT2D eigenvalue weighted by atomic mass is 79.9. The second kappa shape index (κ2) is 6.53. The smallest absolute Gasteiger partial charge is 0.0305 e. The molecule has 0 radical (unpaired) electrons. The highest BCUT2D eigenvalue weighted by molar-refractivity contribution is 9.10. The molecule has 1 aliphatic rings. The summed E-state index contributed by atoms with van der Waals surface area (Å²) >= 11 is 3.62. The molecule has 2 rings (SSSR count). The molecule has 17 heavy (non-hydrogen) atoms. The summed E-state index contributed by atoms with van der Waals surface area (Å²) in [6.45, 7) is 4.56. The van der Waals surface area contributed by atoms with Crippen molar-refractivity contribution >= 4 is 15.9 Å². The van der Waals surface area contributed by atoms with Crippen molar-refractivity contribution in [2.45, 2.75) is 38.3 Å². The Morgan fingerprint density at radius 2 is 2.12 bits per heavy atom. The van der Waals surface area contributed by atoms with E-state index in [1.54, 1.807) is 0 Å². The molecule has 2 N–H and O–H groups in total. The molecule has 0 spiro atoms. The van der Waals surface area contributed by atoms with Gasteiger partial charge >= 0.3 is 0 Å². The first kappa shape index (κ1) is 13.1. The van der Waals surface area contributed by atoms with Gasteiger partial charge in [-0.1, -0.05) is 34.1 Å². The van der Waals surface area contributed by atoms with Crippen LogP contribution in [0, 0.1) is 0 Å². The summed E-state index contributed by atoms with van der Waals surface area (Å²) in [5.74, 6) is 0. The van der Waals surface area contributed by atoms with Gasteiger partial charge in [-0.15, -0.1) is 0 Å². The van der Waals surface area contributed by atoms with E-state index in [-0.39, 0.29) is 0 Å². The first-order valence-electron chi connectivity index (χ1n) is 6.48. The van der Waals surface area contributed by atoms with E-state index in [0.717, 1.165) is 6.54 Å². The van der Waals surface area contributed by atoms with Crippen molar-refractivity contribution in [1.29, 1.82) is 0 Å². The van der Waals surface area contributed by atoms with E-state index in [0.29, 0.717) is 12.1 Å². The lowest BCUT2D eigenvalue weighted by molar-refractivity contribution is 0.420. The fourth-order valence-electron chi connectivity index (χ4n) is 2.46. The molecule has 0 saturated carbocycles. The Bertz CT molecular complexity index is 346. The Hall–Kier alpha value is -0.380. The summed E-state index contributed by atoms with van der Waals surface area (Å²) in [4.78, 5) is 0. The largest absolute Gasteiger partial charge is 0.317 e. The van der Waals surface area contributed by atoms with Crippen LogP contribution in [0.4, 0.5) is 0 Å². The maximum atomic E-state index is 3.75. The SMILES string of the molecule is CC(NC1CCCNCC1)c1ccccc1Br. The van der Waals surface area contributed by atoms with Crippen LogP contribution >= 0.6 is 15.9 Å². The van der Waals surface area contributed by atoms with Gasteiger partial charge in [-0.3, -0.25) is 0 Å². The summed E-state index contributed by atoms with van der Waals surface area (Å²) in [5.41, 5.74) is 1.35. The van der Waals surface area contributed by atoms with Crippen molar-refractivity contribution in [3.8, 4) is 0 Å². The molecule has 2 unspecified atom stereocenters. The van der Waals surface area contributed by atoms with Gasteiger partial charge in [0.05, 0.1) is 0 Å². The van der Waals surface area contributed by atoms with Crippen LogP contribution in [0.5, 0.6) is 0 Å². The average molecular weight is 297 g/mol. The molecular formula is C14H21BrN2. The molecule has 0 amide bonds. The van der Waals surface area contributed by atoms with Crippen molar-refractivity contribution in [3.63, 3.8) is 0 Å². The molecule has 0 bridgehead atoms. The predicted molar refractivity (Wildman–Crippen MR) is 76.2 cm³/mol. The van der Waals surface area contributed by atoms with Crippen molar-refractivity contribution in [2.75, 3.05) is 13.1 Å². The van der Waals surface area contributed by atoms with Crippen molar-refractivity contribution < 1.29 is 0 Å². The summed E-state index contributed by atoms with van der Waals surface area (Å²) in [5, 5.41) is 7.20. The van der Waals surface area contributed by atoms with Gasteiger partial charge in [-0.05, 0) is 50.9 Å². The molecule has 1 saturated heterocycles. The van der Waals surface area contributed by atoms with Gasteiger partial charge in [0.2, 0.25) is 0 Å². The van der Waals surface area contributed by atoms with Crippen LogP contribution in [-0.2, 0) is 0 Å². The lowest BCUT2D eigenvalue weighted by Crippen LogP contribution is -2.32. The second-order valence-electron chi connectivity index (χ2n) is 4.79. The summed E-state index contributed by atoms with van der Waals surface area (Å²) in [6, 6.07) is 9.53. The Kier molecular flexibility index (Phi) is 5.01. The Morgan fingerprint density at radius 1 is 1.29 bits per heavy atom. The number of benzene rings is 1. The zero-order valence-corrected chi connectivity index (χ0v) is 12.0. The molecule has 1 aromatic rings. The Balaban J connectivity index is 1.96. The van der Waals surface area contributed by atoms with Gasteiger partial charge in [0.15, 0.2) is 0 Å². The number of halogens is 1. The van der Waals surface area contributed by atoms with Gasteiger partial charge in [0, 0.05) is 16.6 Å². The molecule has 3 heteroatoms. The van der Waals surface area contributed by atoms with Crippen LogP contribution in [0.2, 0.25) is 0 Å². The first-order valence-corrected chi connectivity index (χ1v) is 7.28. The maximum Gasteiger partial charge on any atom is 0.0305 e. The molecule has 2 nitrogen and oxygen atoms in total. The third-order valence-electron chi connectivity index (χ3n) is 3.43. The average Bonchev–Trinajstić information content (AvgIpc) is 2.58. The number of hydrogen-bond donors (Lipinski definition) is 2. The van der Waals surface area contributed by atoms with Crippen LogP contribution in [0.3, 0.4) is 0 Å². The van der Waals surface area contributed by atoms with E-state index in [9.17, 15) is 0 Å². The molecule has 1 heterocycles. The molecule has 0 aliphatic carbocycles. The van der Waals surface area contributed by atoms with E-state index < -0.39 is 0 Å². The summed E-state index contributed by atoms with van der Waals surface area (Å²) in [6.07, 6.45) is 3.79. The van der Waals surface area contributed by atoms with Crippen LogP contribution in [0.15, 0.2) is 28.7 Å². The molecule has 1 aromatic carbocycles. The third-order valence-corrected chi connectivity index (χ3v) is 4.16. The Labute approximate surface area is 112 Å². The maximum absolute atomic E-state index is 3.75. The fraction of sp³-hybridized carbons (Fsp3) is 0.571. The number of nitrogens with one attached hydrogen (secondary N) is 2. The quantitative estimate of drug-likeness (QED) is 0.895. The molecule has 1 fully saturated rings. The van der Waals surface area contributed by atoms with E-state index in [1.165, 1.54) is 35.8 Å². The molecule has 2 atom stereocenters.